The normalized spacial score (nSPS) is 20.4. The molecule has 17 heavy (non-hydrogen) atoms. The number of benzene rings is 1. The van der Waals surface area contributed by atoms with E-state index in [1.165, 1.54) is 5.69 Å². The fraction of sp³-hybridized carbons (Fsp3) is 0.500. The van der Waals surface area contributed by atoms with E-state index in [1.807, 2.05) is 24.3 Å². The highest BCUT2D eigenvalue weighted by Gasteiger charge is 2.19. The monoisotopic (exact) mass is 233 g/mol. The van der Waals surface area contributed by atoms with Gasteiger partial charge in [0.1, 0.15) is 0 Å². The number of anilines is 1. The van der Waals surface area contributed by atoms with Crippen molar-refractivity contribution >= 4 is 11.5 Å². The van der Waals surface area contributed by atoms with Crippen molar-refractivity contribution in [3.8, 4) is 0 Å². The third-order valence-corrected chi connectivity index (χ3v) is 3.23. The number of morpholine rings is 1. The Morgan fingerprint density at radius 3 is 2.71 bits per heavy atom. The number of carbonyl (C=O) groups is 1. The van der Waals surface area contributed by atoms with Gasteiger partial charge in [0.2, 0.25) is 0 Å². The third-order valence-electron chi connectivity index (χ3n) is 3.23. The van der Waals surface area contributed by atoms with Crippen LogP contribution in [0, 0.1) is 0 Å². The molecular formula is C14H19NO2. The van der Waals surface area contributed by atoms with Crippen molar-refractivity contribution in [3.05, 3.63) is 29.8 Å². The Morgan fingerprint density at radius 1 is 1.41 bits per heavy atom. The molecule has 1 heterocycles. The van der Waals surface area contributed by atoms with Crippen molar-refractivity contribution in [1.82, 2.24) is 0 Å². The van der Waals surface area contributed by atoms with Gasteiger partial charge in [-0.05, 0) is 37.6 Å². The van der Waals surface area contributed by atoms with E-state index < -0.39 is 0 Å². The number of carbonyl (C=O) groups excluding carboxylic acids is 1. The van der Waals surface area contributed by atoms with E-state index >= 15 is 0 Å². The minimum atomic E-state index is 0.116. The molecule has 0 radical (unpaired) electrons. The summed E-state index contributed by atoms with van der Waals surface area (Å²) in [5.74, 6) is 0.116. The lowest BCUT2D eigenvalue weighted by Gasteiger charge is -2.34. The van der Waals surface area contributed by atoms with E-state index in [4.69, 9.17) is 4.74 Å². The van der Waals surface area contributed by atoms with Crippen molar-refractivity contribution in [2.45, 2.75) is 26.4 Å². The molecule has 0 aromatic heterocycles. The summed E-state index contributed by atoms with van der Waals surface area (Å²) in [5.41, 5.74) is 1.95. The Kier molecular flexibility index (Phi) is 3.79. The van der Waals surface area contributed by atoms with E-state index in [-0.39, 0.29) is 5.78 Å². The largest absolute Gasteiger partial charge is 0.375 e. The van der Waals surface area contributed by atoms with Gasteiger partial charge < -0.3 is 9.64 Å². The number of ketones is 1. The molecule has 0 spiro atoms. The summed E-state index contributed by atoms with van der Waals surface area (Å²) in [6, 6.07) is 7.84. The number of hydrogen-bond acceptors (Lipinski definition) is 3. The molecule has 1 fully saturated rings. The molecule has 1 aliphatic rings. The number of hydrogen-bond donors (Lipinski definition) is 0. The Labute approximate surface area is 102 Å². The van der Waals surface area contributed by atoms with Crippen molar-refractivity contribution in [3.63, 3.8) is 0 Å². The summed E-state index contributed by atoms with van der Waals surface area (Å²) in [7, 11) is 0. The highest BCUT2D eigenvalue weighted by molar-refractivity contribution is 5.94. The van der Waals surface area contributed by atoms with Crippen LogP contribution in [0.2, 0.25) is 0 Å². The Morgan fingerprint density at radius 2 is 2.12 bits per heavy atom. The zero-order chi connectivity index (χ0) is 12.3. The summed E-state index contributed by atoms with van der Waals surface area (Å²) in [5, 5.41) is 0. The molecule has 0 aliphatic carbocycles. The fourth-order valence-corrected chi connectivity index (χ4v) is 2.11. The van der Waals surface area contributed by atoms with Crippen molar-refractivity contribution in [1.29, 1.82) is 0 Å². The number of rotatable bonds is 3. The van der Waals surface area contributed by atoms with Crippen LogP contribution in [0.25, 0.3) is 0 Å². The second kappa shape index (κ2) is 5.32. The van der Waals surface area contributed by atoms with E-state index in [2.05, 4.69) is 11.8 Å². The number of nitrogens with zero attached hydrogens (tertiary/aromatic N) is 1. The summed E-state index contributed by atoms with van der Waals surface area (Å²) in [6.07, 6.45) is 1.37. The van der Waals surface area contributed by atoms with Gasteiger partial charge in [0.05, 0.1) is 12.7 Å². The topological polar surface area (TPSA) is 29.5 Å². The van der Waals surface area contributed by atoms with Gasteiger partial charge in [0.25, 0.3) is 0 Å². The second-order valence-electron chi connectivity index (χ2n) is 4.45. The molecule has 1 atom stereocenters. The lowest BCUT2D eigenvalue weighted by atomic mass is 10.1. The molecular weight excluding hydrogens is 214 g/mol. The van der Waals surface area contributed by atoms with Crippen LogP contribution in [0.15, 0.2) is 24.3 Å². The first-order chi connectivity index (χ1) is 8.20. The van der Waals surface area contributed by atoms with Crippen molar-refractivity contribution in [2.24, 2.45) is 0 Å². The van der Waals surface area contributed by atoms with Gasteiger partial charge in [-0.1, -0.05) is 6.92 Å². The molecule has 3 heteroatoms. The second-order valence-corrected chi connectivity index (χ2v) is 4.45. The molecule has 1 unspecified atom stereocenters. The highest BCUT2D eigenvalue weighted by Crippen LogP contribution is 2.19. The molecule has 0 amide bonds. The summed E-state index contributed by atoms with van der Waals surface area (Å²) < 4.78 is 5.65. The standard InChI is InChI=1S/C14H19NO2/c1-3-14-10-15(8-9-17-14)13-6-4-12(5-7-13)11(2)16/h4-7,14H,3,8-10H2,1-2H3. The quantitative estimate of drug-likeness (QED) is 0.751. The van der Waals surface area contributed by atoms with Crippen molar-refractivity contribution < 1.29 is 9.53 Å². The number of ether oxygens (including phenoxy) is 1. The zero-order valence-electron chi connectivity index (χ0n) is 10.5. The van der Waals surface area contributed by atoms with Crippen LogP contribution in [0.1, 0.15) is 30.6 Å². The van der Waals surface area contributed by atoms with E-state index in [1.54, 1.807) is 6.92 Å². The molecule has 0 N–H and O–H groups in total. The van der Waals surface area contributed by atoms with Crippen LogP contribution in [0.4, 0.5) is 5.69 Å². The van der Waals surface area contributed by atoms with E-state index in [0.717, 1.165) is 31.7 Å². The van der Waals surface area contributed by atoms with Crippen LogP contribution in [0.5, 0.6) is 0 Å². The lowest BCUT2D eigenvalue weighted by Crippen LogP contribution is -2.42. The van der Waals surface area contributed by atoms with Gasteiger partial charge in [0.15, 0.2) is 5.78 Å². The summed E-state index contributed by atoms with van der Waals surface area (Å²) >= 11 is 0. The first-order valence-corrected chi connectivity index (χ1v) is 6.18. The average Bonchev–Trinajstić information content (AvgIpc) is 2.39. The molecule has 1 saturated heterocycles. The molecule has 1 aromatic rings. The molecule has 92 valence electrons. The highest BCUT2D eigenvalue weighted by atomic mass is 16.5. The van der Waals surface area contributed by atoms with Gasteiger partial charge in [-0.3, -0.25) is 4.79 Å². The molecule has 1 aliphatic heterocycles. The SMILES string of the molecule is CCC1CN(c2ccc(C(C)=O)cc2)CCO1. The van der Waals surface area contributed by atoms with Crippen LogP contribution in [0.3, 0.4) is 0 Å². The van der Waals surface area contributed by atoms with Crippen LogP contribution in [-0.4, -0.2) is 31.6 Å². The molecule has 0 saturated carbocycles. The minimum Gasteiger partial charge on any atom is -0.375 e. The predicted molar refractivity (Wildman–Crippen MR) is 68.7 cm³/mol. The van der Waals surface area contributed by atoms with Crippen LogP contribution in [-0.2, 0) is 4.74 Å². The van der Waals surface area contributed by atoms with Crippen LogP contribution >= 0.6 is 0 Å². The Hall–Kier alpha value is -1.35. The fourth-order valence-electron chi connectivity index (χ4n) is 2.11. The van der Waals surface area contributed by atoms with Gasteiger partial charge >= 0.3 is 0 Å². The first kappa shape index (κ1) is 12.1. The van der Waals surface area contributed by atoms with Gasteiger partial charge in [-0.15, -0.1) is 0 Å². The lowest BCUT2D eigenvalue weighted by molar-refractivity contribution is 0.0384. The summed E-state index contributed by atoms with van der Waals surface area (Å²) in [6.45, 7) is 6.39. The summed E-state index contributed by atoms with van der Waals surface area (Å²) in [4.78, 5) is 13.5. The average molecular weight is 233 g/mol. The van der Waals surface area contributed by atoms with Crippen LogP contribution < -0.4 is 4.90 Å². The minimum absolute atomic E-state index is 0.116. The smallest absolute Gasteiger partial charge is 0.159 e. The Bertz CT molecular complexity index is 386. The van der Waals surface area contributed by atoms with Gasteiger partial charge in [-0.25, -0.2) is 0 Å². The van der Waals surface area contributed by atoms with E-state index in [0.29, 0.717) is 6.10 Å². The first-order valence-electron chi connectivity index (χ1n) is 6.18. The predicted octanol–water partition coefficient (Wildman–Crippen LogP) is 2.50. The maximum atomic E-state index is 11.2. The van der Waals surface area contributed by atoms with Crippen molar-refractivity contribution in [2.75, 3.05) is 24.6 Å². The maximum absolute atomic E-state index is 11.2. The van der Waals surface area contributed by atoms with E-state index in [9.17, 15) is 4.79 Å². The van der Waals surface area contributed by atoms with Gasteiger partial charge in [-0.2, -0.15) is 0 Å². The third kappa shape index (κ3) is 2.86. The van der Waals surface area contributed by atoms with Gasteiger partial charge in [0, 0.05) is 24.3 Å². The molecule has 2 rings (SSSR count). The maximum Gasteiger partial charge on any atom is 0.159 e. The molecule has 1 aromatic carbocycles. The molecule has 0 bridgehead atoms. The Balaban J connectivity index is 2.08. The number of Topliss-reactive ketones (excluding diaryl/α,β-unsaturated/α-hetero) is 1. The molecule has 3 nitrogen and oxygen atoms in total. The zero-order valence-corrected chi connectivity index (χ0v) is 10.5.